The summed E-state index contributed by atoms with van der Waals surface area (Å²) in [5.41, 5.74) is 0.841. The highest BCUT2D eigenvalue weighted by atomic mass is 35.5. The number of nitrogens with zero attached hydrogens (tertiary/aromatic N) is 7. The monoisotopic (exact) mass is 591 g/mol. The lowest BCUT2D eigenvalue weighted by atomic mass is 10.1. The van der Waals surface area contributed by atoms with E-state index in [1.165, 1.54) is 29.1 Å². The van der Waals surface area contributed by atoms with Gasteiger partial charge in [-0.25, -0.2) is 33.1 Å². The third-order valence-corrected chi connectivity index (χ3v) is 8.34. The van der Waals surface area contributed by atoms with Gasteiger partial charge in [-0.1, -0.05) is 24.2 Å². The van der Waals surface area contributed by atoms with E-state index in [2.05, 4.69) is 21.5 Å². The van der Waals surface area contributed by atoms with Crippen molar-refractivity contribution < 1.29 is 18.3 Å². The second-order valence-corrected chi connectivity index (χ2v) is 10.9. The normalized spacial score (nSPS) is 18.0. The molecule has 0 bridgehead atoms. The first kappa shape index (κ1) is 26.4. The van der Waals surface area contributed by atoms with E-state index in [1.807, 2.05) is 4.90 Å². The third-order valence-electron chi connectivity index (χ3n) is 7.99. The summed E-state index contributed by atoms with van der Waals surface area (Å²) in [4.78, 5) is 48.0. The molecule has 7 rings (SSSR count). The molecule has 3 aromatic heterocycles. The minimum absolute atomic E-state index is 0.0532. The molecule has 1 atom stereocenters. The van der Waals surface area contributed by atoms with E-state index in [0.29, 0.717) is 42.1 Å². The molecule has 1 aromatic carbocycles. The maximum absolute atomic E-state index is 15.1. The fraction of sp³-hybridized carbons (Fsp3) is 0.310. The van der Waals surface area contributed by atoms with Crippen LogP contribution in [0.5, 0.6) is 5.75 Å². The van der Waals surface area contributed by atoms with Gasteiger partial charge < -0.3 is 14.5 Å². The zero-order valence-corrected chi connectivity index (χ0v) is 23.2. The second-order valence-electron chi connectivity index (χ2n) is 10.6. The molecular formula is C29H24ClF2N7O3. The van der Waals surface area contributed by atoms with Crippen LogP contribution in [0, 0.1) is 18.6 Å². The number of benzene rings is 1. The number of aromatic nitrogens is 5. The Hall–Kier alpha value is -4.45. The highest BCUT2D eigenvalue weighted by Gasteiger charge is 2.38. The summed E-state index contributed by atoms with van der Waals surface area (Å²) in [6.07, 6.45) is 4.52. The van der Waals surface area contributed by atoms with Gasteiger partial charge in [0.25, 0.3) is 0 Å². The molecule has 0 N–H and O–H groups in total. The Bertz CT molecular complexity index is 1880. The Balaban J connectivity index is 1.55. The lowest BCUT2D eigenvalue weighted by Crippen LogP contribution is -2.56. The minimum Gasteiger partial charge on any atom is -0.489 e. The van der Waals surface area contributed by atoms with Crippen LogP contribution in [-0.4, -0.2) is 67.6 Å². The molecule has 2 fully saturated rings. The van der Waals surface area contributed by atoms with E-state index < -0.39 is 17.3 Å². The second kappa shape index (κ2) is 9.83. The van der Waals surface area contributed by atoms with Crippen LogP contribution in [-0.2, 0) is 4.79 Å². The predicted octanol–water partition coefficient (Wildman–Crippen LogP) is 3.95. The molecule has 13 heteroatoms. The van der Waals surface area contributed by atoms with E-state index in [4.69, 9.17) is 21.3 Å². The van der Waals surface area contributed by atoms with Crippen molar-refractivity contribution in [2.24, 2.45) is 0 Å². The first-order valence-electron chi connectivity index (χ1n) is 13.5. The molecule has 5 heterocycles. The lowest BCUT2D eigenvalue weighted by molar-refractivity contribution is -0.126. The first-order chi connectivity index (χ1) is 20.3. The number of amides is 1. The molecule has 4 aromatic rings. The maximum atomic E-state index is 15.1. The average Bonchev–Trinajstić information content (AvgIpc) is 3.84. The predicted molar refractivity (Wildman–Crippen MR) is 151 cm³/mol. The molecule has 1 aliphatic carbocycles. The molecule has 0 radical (unpaired) electrons. The van der Waals surface area contributed by atoms with Gasteiger partial charge in [0.15, 0.2) is 23.0 Å². The summed E-state index contributed by atoms with van der Waals surface area (Å²) in [5, 5.41) is 0.290. The van der Waals surface area contributed by atoms with E-state index in [0.717, 1.165) is 18.9 Å². The quantitative estimate of drug-likeness (QED) is 0.329. The number of halogens is 3. The zero-order chi connectivity index (χ0) is 29.3. The van der Waals surface area contributed by atoms with Gasteiger partial charge in [-0.3, -0.25) is 4.79 Å². The molecule has 1 saturated heterocycles. The zero-order valence-electron chi connectivity index (χ0n) is 22.5. The molecular weight excluding hydrogens is 568 g/mol. The highest BCUT2D eigenvalue weighted by molar-refractivity contribution is 6.36. The van der Waals surface area contributed by atoms with Crippen molar-refractivity contribution >= 4 is 34.4 Å². The standard InChI is InChI=1S/C29H24ClF2N7O3/c1-3-19(40)37-9-10-38-16(11-37)12-42-26-20-27(38)36-29(41)39(25-14(2)33-13-34-23(25)15-7-8-15)28(20)35-24(21(26)30)17-5-4-6-18(31)22(17)32/h3-6,13,15-16H,1,7-12H2,2H3/t16-/m1/s1. The van der Waals surface area contributed by atoms with Crippen LogP contribution >= 0.6 is 11.6 Å². The van der Waals surface area contributed by atoms with Crippen molar-refractivity contribution in [2.45, 2.75) is 31.7 Å². The fourth-order valence-electron chi connectivity index (χ4n) is 5.79. The van der Waals surface area contributed by atoms with Crippen LogP contribution < -0.4 is 15.3 Å². The number of hydrogen-bond acceptors (Lipinski definition) is 8. The smallest absolute Gasteiger partial charge is 0.355 e. The van der Waals surface area contributed by atoms with Gasteiger partial charge in [0.05, 0.1) is 28.8 Å². The fourth-order valence-corrected chi connectivity index (χ4v) is 6.09. The number of aryl methyl sites for hydroxylation is 1. The van der Waals surface area contributed by atoms with Crippen LogP contribution in [0.15, 0.2) is 42.0 Å². The minimum atomic E-state index is -1.14. The Kier molecular flexibility index (Phi) is 6.19. The molecule has 1 amide bonds. The van der Waals surface area contributed by atoms with Crippen LogP contribution in [0.4, 0.5) is 14.6 Å². The number of piperazine rings is 1. The van der Waals surface area contributed by atoms with E-state index in [9.17, 15) is 14.0 Å². The van der Waals surface area contributed by atoms with Crippen LogP contribution in [0.2, 0.25) is 5.02 Å². The Morgan fingerprint density at radius 3 is 2.76 bits per heavy atom. The molecule has 2 aliphatic heterocycles. The number of ether oxygens (including phenoxy) is 1. The number of hydrogen-bond donors (Lipinski definition) is 0. The van der Waals surface area contributed by atoms with Gasteiger partial charge in [-0.15, -0.1) is 0 Å². The molecule has 42 heavy (non-hydrogen) atoms. The molecule has 214 valence electrons. The number of carbonyl (C=O) groups is 1. The number of rotatable bonds is 4. The SMILES string of the molecule is C=CC(=O)N1CCN2c3nc(=O)n(-c4c(C)ncnc4C4CC4)c4nc(-c5cccc(F)c5F)c(Cl)c(c34)OC[C@H]2C1. The Labute approximate surface area is 243 Å². The van der Waals surface area contributed by atoms with Gasteiger partial charge in [-0.2, -0.15) is 4.98 Å². The van der Waals surface area contributed by atoms with Gasteiger partial charge in [0.1, 0.15) is 29.2 Å². The maximum Gasteiger partial charge on any atom is 0.355 e. The number of pyridine rings is 1. The Morgan fingerprint density at radius 1 is 1.19 bits per heavy atom. The summed E-state index contributed by atoms with van der Waals surface area (Å²) < 4.78 is 37.1. The number of fused-ring (bicyclic) bond motifs is 2. The summed E-state index contributed by atoms with van der Waals surface area (Å²) in [6, 6.07) is 3.33. The van der Waals surface area contributed by atoms with Crippen molar-refractivity contribution in [3.8, 4) is 22.7 Å². The lowest BCUT2D eigenvalue weighted by Gasteiger charge is -2.40. The molecule has 10 nitrogen and oxygen atoms in total. The molecule has 0 unspecified atom stereocenters. The molecule has 1 saturated carbocycles. The van der Waals surface area contributed by atoms with Gasteiger partial charge >= 0.3 is 5.69 Å². The summed E-state index contributed by atoms with van der Waals surface area (Å²) in [7, 11) is 0. The van der Waals surface area contributed by atoms with E-state index in [-0.39, 0.29) is 58.0 Å². The van der Waals surface area contributed by atoms with Crippen molar-refractivity contribution in [2.75, 3.05) is 31.1 Å². The number of anilines is 1. The number of carbonyl (C=O) groups excluding carboxylic acids is 1. The summed E-state index contributed by atoms with van der Waals surface area (Å²) >= 11 is 6.87. The van der Waals surface area contributed by atoms with Crippen LogP contribution in [0.25, 0.3) is 28.0 Å². The van der Waals surface area contributed by atoms with Crippen LogP contribution in [0.1, 0.15) is 30.1 Å². The van der Waals surface area contributed by atoms with Crippen molar-refractivity contribution in [3.63, 3.8) is 0 Å². The van der Waals surface area contributed by atoms with Crippen LogP contribution in [0.3, 0.4) is 0 Å². The molecule has 3 aliphatic rings. The summed E-state index contributed by atoms with van der Waals surface area (Å²) in [6.45, 7) is 6.44. The van der Waals surface area contributed by atoms with Crippen molar-refractivity contribution in [3.05, 3.63) is 75.7 Å². The van der Waals surface area contributed by atoms with Gasteiger partial charge in [0, 0.05) is 31.1 Å². The van der Waals surface area contributed by atoms with Gasteiger partial charge in [-0.05, 0) is 38.0 Å². The van der Waals surface area contributed by atoms with Crippen molar-refractivity contribution in [1.29, 1.82) is 0 Å². The van der Waals surface area contributed by atoms with Gasteiger partial charge in [0.2, 0.25) is 5.91 Å². The highest BCUT2D eigenvalue weighted by Crippen LogP contribution is 2.47. The Morgan fingerprint density at radius 2 is 2.00 bits per heavy atom. The third kappa shape index (κ3) is 4.04. The molecule has 0 spiro atoms. The average molecular weight is 592 g/mol. The summed E-state index contributed by atoms with van der Waals surface area (Å²) in [5.74, 6) is -1.86. The first-order valence-corrected chi connectivity index (χ1v) is 13.9. The van der Waals surface area contributed by atoms with E-state index >= 15 is 4.39 Å². The van der Waals surface area contributed by atoms with Crippen molar-refractivity contribution in [1.82, 2.24) is 29.4 Å². The topological polar surface area (TPSA) is 106 Å². The largest absolute Gasteiger partial charge is 0.489 e. The van der Waals surface area contributed by atoms with E-state index in [1.54, 1.807) is 11.8 Å².